The first kappa shape index (κ1) is 15.5. The van der Waals surface area contributed by atoms with Gasteiger partial charge in [0.15, 0.2) is 0 Å². The molecule has 1 aromatic heterocycles. The van der Waals surface area contributed by atoms with Crippen LogP contribution in [0.15, 0.2) is 17.1 Å². The van der Waals surface area contributed by atoms with Gasteiger partial charge in [-0.1, -0.05) is 0 Å². The van der Waals surface area contributed by atoms with E-state index < -0.39 is 12.0 Å². The summed E-state index contributed by atoms with van der Waals surface area (Å²) in [5.74, 6) is -1.16. The lowest BCUT2D eigenvalue weighted by molar-refractivity contribution is -0.138. The summed E-state index contributed by atoms with van der Waals surface area (Å²) in [6.07, 6.45) is 3.65. The molecule has 0 amide bonds. The maximum absolute atomic E-state index is 12.0. The summed E-state index contributed by atoms with van der Waals surface area (Å²) >= 11 is 0. The molecule has 1 aliphatic heterocycles. The van der Waals surface area contributed by atoms with Gasteiger partial charge in [-0.2, -0.15) is 5.10 Å². The topological polar surface area (TPSA) is 111 Å². The van der Waals surface area contributed by atoms with E-state index in [4.69, 9.17) is 15.6 Å². The molecule has 8 heteroatoms. The van der Waals surface area contributed by atoms with Crippen molar-refractivity contribution in [3.63, 3.8) is 0 Å². The zero-order chi connectivity index (χ0) is 15.4. The molecule has 21 heavy (non-hydrogen) atoms. The molecule has 0 bridgehead atoms. The van der Waals surface area contributed by atoms with Gasteiger partial charge in [-0.15, -0.1) is 0 Å². The quantitative estimate of drug-likeness (QED) is 0.737. The van der Waals surface area contributed by atoms with Crippen molar-refractivity contribution in [2.45, 2.75) is 31.5 Å². The van der Waals surface area contributed by atoms with E-state index in [2.05, 4.69) is 10.00 Å². The Balaban J connectivity index is 2.06. The van der Waals surface area contributed by atoms with Crippen LogP contribution in [0.1, 0.15) is 12.8 Å². The van der Waals surface area contributed by atoms with Crippen molar-refractivity contribution in [2.75, 3.05) is 25.1 Å². The number of carboxylic acid groups (broad SMARTS) is 1. The Hall–Kier alpha value is -1.93. The highest BCUT2D eigenvalue weighted by Gasteiger charge is 2.20. The number of ether oxygens (including phenoxy) is 1. The van der Waals surface area contributed by atoms with Crippen molar-refractivity contribution < 1.29 is 14.6 Å². The lowest BCUT2D eigenvalue weighted by Gasteiger charge is -2.32. The molecule has 3 N–H and O–H groups in total. The van der Waals surface area contributed by atoms with Gasteiger partial charge in [-0.3, -0.25) is 9.59 Å². The molecule has 0 saturated carbocycles. The van der Waals surface area contributed by atoms with Gasteiger partial charge < -0.3 is 20.5 Å². The molecule has 0 aliphatic carbocycles. The van der Waals surface area contributed by atoms with Crippen LogP contribution in [0.5, 0.6) is 0 Å². The van der Waals surface area contributed by atoms with Gasteiger partial charge in [0.1, 0.15) is 6.04 Å². The number of nitrogens with two attached hydrogens (primary N) is 1. The second-order valence-corrected chi connectivity index (χ2v) is 5.10. The summed E-state index contributed by atoms with van der Waals surface area (Å²) in [4.78, 5) is 24.7. The standard InChI is InChI=1S/C13H20N4O4/c1-21-10-2-4-16(5-3-10)9-6-12(18)17(15-7-9)8-11(14)13(19)20/h6-7,10-11H,2-5,8,14H2,1H3,(H,19,20). The van der Waals surface area contributed by atoms with Crippen LogP contribution in [0.4, 0.5) is 5.69 Å². The van der Waals surface area contributed by atoms with E-state index in [1.54, 1.807) is 13.3 Å². The van der Waals surface area contributed by atoms with E-state index in [1.807, 2.05) is 0 Å². The molecule has 2 heterocycles. The molecular formula is C13H20N4O4. The summed E-state index contributed by atoms with van der Waals surface area (Å²) in [6, 6.07) is 0.327. The minimum absolute atomic E-state index is 0.139. The molecule has 1 atom stereocenters. The molecule has 1 unspecified atom stereocenters. The fourth-order valence-electron chi connectivity index (χ4n) is 2.35. The van der Waals surface area contributed by atoms with E-state index in [9.17, 15) is 9.59 Å². The molecule has 1 aromatic rings. The van der Waals surface area contributed by atoms with Crippen LogP contribution in [0.2, 0.25) is 0 Å². The second kappa shape index (κ2) is 6.68. The number of aromatic nitrogens is 2. The fraction of sp³-hybridized carbons (Fsp3) is 0.615. The number of aliphatic carboxylic acids is 1. The van der Waals surface area contributed by atoms with Crippen LogP contribution >= 0.6 is 0 Å². The molecule has 1 fully saturated rings. The molecule has 0 radical (unpaired) electrons. The number of nitrogens with zero attached hydrogens (tertiary/aromatic N) is 3. The van der Waals surface area contributed by atoms with Gasteiger partial charge in [0, 0.05) is 26.3 Å². The van der Waals surface area contributed by atoms with Crippen LogP contribution in [-0.2, 0) is 16.1 Å². The Morgan fingerprint density at radius 1 is 1.57 bits per heavy atom. The third kappa shape index (κ3) is 3.79. The molecule has 1 saturated heterocycles. The second-order valence-electron chi connectivity index (χ2n) is 5.10. The number of hydrogen-bond acceptors (Lipinski definition) is 6. The monoisotopic (exact) mass is 296 g/mol. The largest absolute Gasteiger partial charge is 0.480 e. The minimum atomic E-state index is -1.16. The summed E-state index contributed by atoms with van der Waals surface area (Å²) in [5.41, 5.74) is 5.80. The predicted octanol–water partition coefficient (Wildman–Crippen LogP) is -0.730. The van der Waals surface area contributed by atoms with E-state index in [-0.39, 0.29) is 18.2 Å². The molecule has 8 nitrogen and oxygen atoms in total. The molecule has 0 spiro atoms. The van der Waals surface area contributed by atoms with Crippen LogP contribution in [-0.4, -0.2) is 53.2 Å². The average molecular weight is 296 g/mol. The number of rotatable bonds is 5. The smallest absolute Gasteiger partial charge is 0.322 e. The van der Waals surface area contributed by atoms with Crippen molar-refractivity contribution in [3.05, 3.63) is 22.6 Å². The first-order valence-corrected chi connectivity index (χ1v) is 6.84. The first-order valence-electron chi connectivity index (χ1n) is 6.84. The minimum Gasteiger partial charge on any atom is -0.480 e. The Bertz CT molecular complexity index is 551. The molecular weight excluding hydrogens is 276 g/mol. The highest BCUT2D eigenvalue weighted by molar-refractivity contribution is 5.72. The Morgan fingerprint density at radius 2 is 2.24 bits per heavy atom. The van der Waals surface area contributed by atoms with Crippen molar-refractivity contribution in [3.8, 4) is 0 Å². The zero-order valence-electron chi connectivity index (χ0n) is 11.9. The third-order valence-corrected chi connectivity index (χ3v) is 3.68. The molecule has 0 aromatic carbocycles. The van der Waals surface area contributed by atoms with E-state index in [0.29, 0.717) is 0 Å². The lowest BCUT2D eigenvalue weighted by atomic mass is 10.1. The van der Waals surface area contributed by atoms with Crippen LogP contribution in [0.25, 0.3) is 0 Å². The number of carbonyl (C=O) groups is 1. The third-order valence-electron chi connectivity index (χ3n) is 3.68. The van der Waals surface area contributed by atoms with Gasteiger partial charge in [-0.25, -0.2) is 4.68 Å². The molecule has 2 rings (SSSR count). The summed E-state index contributed by atoms with van der Waals surface area (Å²) in [7, 11) is 1.70. The van der Waals surface area contributed by atoms with Crippen LogP contribution in [0, 0.1) is 0 Å². The average Bonchev–Trinajstić information content (AvgIpc) is 2.49. The number of methoxy groups -OCH3 is 1. The number of carboxylic acids is 1. The van der Waals surface area contributed by atoms with Crippen LogP contribution in [0.3, 0.4) is 0 Å². The number of hydrogen-bond donors (Lipinski definition) is 2. The van der Waals surface area contributed by atoms with Crippen LogP contribution < -0.4 is 16.2 Å². The highest BCUT2D eigenvalue weighted by atomic mass is 16.5. The summed E-state index contributed by atoms with van der Waals surface area (Å²) < 4.78 is 6.38. The normalized spacial score (nSPS) is 17.7. The van der Waals surface area contributed by atoms with E-state index in [1.165, 1.54) is 6.07 Å². The maximum atomic E-state index is 12.0. The van der Waals surface area contributed by atoms with Crippen molar-refractivity contribution in [2.24, 2.45) is 5.73 Å². The zero-order valence-corrected chi connectivity index (χ0v) is 11.9. The van der Waals surface area contributed by atoms with Gasteiger partial charge >= 0.3 is 5.97 Å². The lowest BCUT2D eigenvalue weighted by Crippen LogP contribution is -2.40. The van der Waals surface area contributed by atoms with Gasteiger partial charge in [0.2, 0.25) is 0 Å². The van der Waals surface area contributed by atoms with E-state index >= 15 is 0 Å². The van der Waals surface area contributed by atoms with Gasteiger partial charge in [-0.05, 0) is 12.8 Å². The predicted molar refractivity (Wildman–Crippen MR) is 76.4 cm³/mol. The first-order chi connectivity index (χ1) is 10.0. The Labute approximate surface area is 122 Å². The summed E-state index contributed by atoms with van der Waals surface area (Å²) in [6.45, 7) is 1.47. The van der Waals surface area contributed by atoms with Crippen molar-refractivity contribution >= 4 is 11.7 Å². The van der Waals surface area contributed by atoms with Crippen molar-refractivity contribution in [1.29, 1.82) is 0 Å². The van der Waals surface area contributed by atoms with Gasteiger partial charge in [0.25, 0.3) is 5.56 Å². The molecule has 116 valence electrons. The Morgan fingerprint density at radius 3 is 2.76 bits per heavy atom. The number of anilines is 1. The SMILES string of the molecule is COC1CCN(c2cnn(CC(N)C(=O)O)c(=O)c2)CC1. The van der Waals surface area contributed by atoms with Crippen molar-refractivity contribution in [1.82, 2.24) is 9.78 Å². The molecule has 1 aliphatic rings. The highest BCUT2D eigenvalue weighted by Crippen LogP contribution is 2.18. The number of piperidine rings is 1. The van der Waals surface area contributed by atoms with E-state index in [0.717, 1.165) is 36.3 Å². The van der Waals surface area contributed by atoms with Gasteiger partial charge in [0.05, 0.1) is 24.5 Å². The maximum Gasteiger partial charge on any atom is 0.322 e. The Kier molecular flexibility index (Phi) is 4.92. The fourth-order valence-corrected chi connectivity index (χ4v) is 2.35. The summed E-state index contributed by atoms with van der Waals surface area (Å²) in [5, 5.41) is 12.8.